The lowest BCUT2D eigenvalue weighted by atomic mass is 10.2. The van der Waals surface area contributed by atoms with Crippen molar-refractivity contribution >= 4 is 5.96 Å². The van der Waals surface area contributed by atoms with Crippen LogP contribution in [-0.2, 0) is 17.9 Å². The summed E-state index contributed by atoms with van der Waals surface area (Å²) in [5.74, 6) is 1.50. The monoisotopic (exact) mass is 399 g/mol. The summed E-state index contributed by atoms with van der Waals surface area (Å²) in [4.78, 5) is 4.09. The fraction of sp³-hybridized carbons (Fsp3) is 0.421. The van der Waals surface area contributed by atoms with Gasteiger partial charge in [-0.3, -0.25) is 4.99 Å². The number of para-hydroxylation sites is 1. The van der Waals surface area contributed by atoms with Gasteiger partial charge in [0.1, 0.15) is 18.1 Å². The molecule has 1 aromatic heterocycles. The largest absolute Gasteiger partial charge is 0.484 e. The molecule has 9 heteroatoms. The average Bonchev–Trinajstić information content (AvgIpc) is 3.18. The van der Waals surface area contributed by atoms with Gasteiger partial charge in [0, 0.05) is 32.3 Å². The maximum Gasteiger partial charge on any atom is 0.422 e. The van der Waals surface area contributed by atoms with E-state index < -0.39 is 12.8 Å². The molecule has 28 heavy (non-hydrogen) atoms. The number of alkyl halides is 3. The van der Waals surface area contributed by atoms with Gasteiger partial charge in [0.15, 0.2) is 12.6 Å². The second-order valence-electron chi connectivity index (χ2n) is 5.85. The molecule has 2 rings (SSSR count). The van der Waals surface area contributed by atoms with E-state index in [9.17, 15) is 13.2 Å². The van der Waals surface area contributed by atoms with Crippen LogP contribution in [-0.4, -0.2) is 38.9 Å². The van der Waals surface area contributed by atoms with Gasteiger partial charge in [0.05, 0.1) is 6.26 Å². The van der Waals surface area contributed by atoms with Crippen LogP contribution in [0.5, 0.6) is 5.75 Å². The number of ether oxygens (including phenoxy) is 2. The van der Waals surface area contributed by atoms with E-state index in [1.165, 1.54) is 6.07 Å². The van der Waals surface area contributed by atoms with E-state index in [0.717, 1.165) is 12.2 Å². The van der Waals surface area contributed by atoms with E-state index in [-0.39, 0.29) is 12.3 Å². The summed E-state index contributed by atoms with van der Waals surface area (Å²) >= 11 is 0. The number of rotatable bonds is 10. The van der Waals surface area contributed by atoms with E-state index in [1.807, 2.05) is 12.1 Å². The number of guanidine groups is 1. The van der Waals surface area contributed by atoms with Gasteiger partial charge in [0.2, 0.25) is 0 Å². The Balaban J connectivity index is 1.69. The van der Waals surface area contributed by atoms with Crippen LogP contribution >= 0.6 is 0 Å². The fourth-order valence-electron chi connectivity index (χ4n) is 2.30. The predicted octanol–water partition coefficient (Wildman–Crippen LogP) is 3.49. The first-order valence-corrected chi connectivity index (χ1v) is 8.80. The average molecular weight is 399 g/mol. The van der Waals surface area contributed by atoms with E-state index in [0.29, 0.717) is 31.3 Å². The first-order chi connectivity index (χ1) is 13.5. The van der Waals surface area contributed by atoms with Gasteiger partial charge in [-0.1, -0.05) is 18.2 Å². The summed E-state index contributed by atoms with van der Waals surface area (Å²) in [6.07, 6.45) is -2.02. The molecule has 0 saturated heterocycles. The summed E-state index contributed by atoms with van der Waals surface area (Å²) in [6, 6.07) is 10.2. The number of nitrogens with zero attached hydrogens (tertiary/aromatic N) is 1. The number of aliphatic imine (C=N–C) groups is 1. The van der Waals surface area contributed by atoms with Crippen LogP contribution in [0.15, 0.2) is 52.1 Å². The van der Waals surface area contributed by atoms with Crippen molar-refractivity contribution in [3.8, 4) is 5.75 Å². The molecule has 0 unspecified atom stereocenters. The molecule has 2 aromatic rings. The molecule has 0 radical (unpaired) electrons. The number of benzene rings is 1. The molecule has 1 aromatic carbocycles. The lowest BCUT2D eigenvalue weighted by molar-refractivity contribution is -0.153. The van der Waals surface area contributed by atoms with Crippen molar-refractivity contribution in [2.75, 3.05) is 26.8 Å². The van der Waals surface area contributed by atoms with Crippen molar-refractivity contribution in [1.82, 2.24) is 10.6 Å². The van der Waals surface area contributed by atoms with Crippen molar-refractivity contribution in [1.29, 1.82) is 0 Å². The Kier molecular flexibility index (Phi) is 8.67. The zero-order valence-electron chi connectivity index (χ0n) is 15.6. The first-order valence-electron chi connectivity index (χ1n) is 8.80. The molecule has 0 amide bonds. The second-order valence-corrected chi connectivity index (χ2v) is 5.85. The number of furan rings is 1. The van der Waals surface area contributed by atoms with E-state index >= 15 is 0 Å². The van der Waals surface area contributed by atoms with Crippen molar-refractivity contribution in [2.45, 2.75) is 25.7 Å². The molecular formula is C19H24F3N3O3. The SMILES string of the molecule is CN=C(NCCCOCc1ccco1)NCc1ccccc1OCC(F)(F)F. The van der Waals surface area contributed by atoms with Crippen LogP contribution < -0.4 is 15.4 Å². The number of halogens is 3. The molecule has 0 aliphatic carbocycles. The highest BCUT2D eigenvalue weighted by Gasteiger charge is 2.28. The highest BCUT2D eigenvalue weighted by Crippen LogP contribution is 2.22. The minimum absolute atomic E-state index is 0.189. The lowest BCUT2D eigenvalue weighted by Crippen LogP contribution is -2.37. The second kappa shape index (κ2) is 11.2. The van der Waals surface area contributed by atoms with Gasteiger partial charge in [-0.25, -0.2) is 0 Å². The third kappa shape index (κ3) is 8.34. The van der Waals surface area contributed by atoms with E-state index in [2.05, 4.69) is 15.6 Å². The summed E-state index contributed by atoms with van der Waals surface area (Å²) in [7, 11) is 1.62. The Morgan fingerprint density at radius 1 is 1.14 bits per heavy atom. The third-order valence-corrected chi connectivity index (χ3v) is 3.62. The van der Waals surface area contributed by atoms with Crippen LogP contribution in [0.2, 0.25) is 0 Å². The zero-order chi connectivity index (χ0) is 20.2. The maximum atomic E-state index is 12.4. The van der Waals surface area contributed by atoms with Gasteiger partial charge >= 0.3 is 6.18 Å². The van der Waals surface area contributed by atoms with Crippen molar-refractivity contribution < 1.29 is 27.1 Å². The lowest BCUT2D eigenvalue weighted by Gasteiger charge is -2.15. The van der Waals surface area contributed by atoms with Gasteiger partial charge in [0.25, 0.3) is 0 Å². The molecule has 0 saturated carbocycles. The highest BCUT2D eigenvalue weighted by atomic mass is 19.4. The normalized spacial score (nSPS) is 12.1. The summed E-state index contributed by atoms with van der Waals surface area (Å²) < 4.78 is 52.6. The van der Waals surface area contributed by atoms with Crippen LogP contribution in [0.3, 0.4) is 0 Å². The highest BCUT2D eigenvalue weighted by molar-refractivity contribution is 5.79. The minimum Gasteiger partial charge on any atom is -0.484 e. The quantitative estimate of drug-likeness (QED) is 0.364. The Hall–Kier alpha value is -2.68. The number of nitrogens with one attached hydrogen (secondary N) is 2. The molecule has 0 aliphatic rings. The molecule has 0 fully saturated rings. The molecule has 2 N–H and O–H groups in total. The van der Waals surface area contributed by atoms with Crippen LogP contribution in [0, 0.1) is 0 Å². The van der Waals surface area contributed by atoms with Crippen LogP contribution in [0.4, 0.5) is 13.2 Å². The molecular weight excluding hydrogens is 375 g/mol. The molecule has 0 atom stereocenters. The Morgan fingerprint density at radius 2 is 1.96 bits per heavy atom. The molecule has 0 bridgehead atoms. The van der Waals surface area contributed by atoms with Crippen LogP contribution in [0.1, 0.15) is 17.7 Å². The zero-order valence-corrected chi connectivity index (χ0v) is 15.6. The molecule has 0 spiro atoms. The van der Waals surface area contributed by atoms with E-state index in [4.69, 9.17) is 13.9 Å². The standard InChI is InChI=1S/C19H24F3N3O3/c1-23-18(24-9-5-10-26-13-16-7-4-11-27-16)25-12-15-6-2-3-8-17(15)28-14-19(20,21)22/h2-4,6-8,11H,5,9-10,12-14H2,1H3,(H2,23,24,25). The Labute approximate surface area is 161 Å². The molecule has 6 nitrogen and oxygen atoms in total. The van der Waals surface area contributed by atoms with Crippen molar-refractivity contribution in [3.05, 3.63) is 54.0 Å². The first kappa shape index (κ1) is 21.6. The summed E-state index contributed by atoms with van der Waals surface area (Å²) in [5.41, 5.74) is 0.608. The van der Waals surface area contributed by atoms with Gasteiger partial charge in [-0.15, -0.1) is 0 Å². The molecule has 154 valence electrons. The fourth-order valence-corrected chi connectivity index (χ4v) is 2.30. The van der Waals surface area contributed by atoms with E-state index in [1.54, 1.807) is 31.5 Å². The Morgan fingerprint density at radius 3 is 2.68 bits per heavy atom. The van der Waals surface area contributed by atoms with Crippen molar-refractivity contribution in [3.63, 3.8) is 0 Å². The topological polar surface area (TPSA) is 68.0 Å². The van der Waals surface area contributed by atoms with Gasteiger partial charge in [-0.05, 0) is 24.6 Å². The minimum atomic E-state index is -4.38. The smallest absolute Gasteiger partial charge is 0.422 e. The molecule has 0 aliphatic heterocycles. The summed E-state index contributed by atoms with van der Waals surface area (Å²) in [5, 5.41) is 6.18. The van der Waals surface area contributed by atoms with Crippen LogP contribution in [0.25, 0.3) is 0 Å². The maximum absolute atomic E-state index is 12.4. The van der Waals surface area contributed by atoms with Gasteiger partial charge < -0.3 is 24.5 Å². The third-order valence-electron chi connectivity index (χ3n) is 3.62. The van der Waals surface area contributed by atoms with Gasteiger partial charge in [-0.2, -0.15) is 13.2 Å². The predicted molar refractivity (Wildman–Crippen MR) is 99.2 cm³/mol. The number of hydrogen-bond donors (Lipinski definition) is 2. The summed E-state index contributed by atoms with van der Waals surface area (Å²) in [6.45, 7) is 0.565. The number of hydrogen-bond acceptors (Lipinski definition) is 4. The van der Waals surface area contributed by atoms with Crippen molar-refractivity contribution in [2.24, 2.45) is 4.99 Å². The molecule has 1 heterocycles. The Bertz CT molecular complexity index is 719.